The second-order valence-electron chi connectivity index (χ2n) is 4.12. The lowest BCUT2D eigenvalue weighted by Crippen LogP contribution is -2.28. The summed E-state index contributed by atoms with van der Waals surface area (Å²) in [6.07, 6.45) is 1.77. The highest BCUT2D eigenvalue weighted by Gasteiger charge is 2.48. The number of rotatable bonds is 6. The summed E-state index contributed by atoms with van der Waals surface area (Å²) in [6, 6.07) is 0.489. The molecular weight excluding hydrogens is 345 g/mol. The van der Waals surface area contributed by atoms with Gasteiger partial charge in [0.2, 0.25) is 5.88 Å². The summed E-state index contributed by atoms with van der Waals surface area (Å²) < 4.78 is 68.9. The standard InChI is InChI=1S/C9H9F3N6O4S/c1-6(4-18-5-14-16-17-18)21-8-13-3-2-7(15-8)22-23(19,20)9(10,11)12/h2-3,5-6H,4H2,1H3. The van der Waals surface area contributed by atoms with Crippen molar-refractivity contribution in [1.29, 1.82) is 0 Å². The average Bonchev–Trinajstić information content (AvgIpc) is 2.89. The number of aromatic nitrogens is 6. The van der Waals surface area contributed by atoms with Crippen LogP contribution in [0.25, 0.3) is 0 Å². The number of hydrogen-bond donors (Lipinski definition) is 0. The Morgan fingerprint density at radius 2 is 2.13 bits per heavy atom. The molecule has 1 unspecified atom stereocenters. The fourth-order valence-corrected chi connectivity index (χ4v) is 1.74. The number of tetrazole rings is 1. The van der Waals surface area contributed by atoms with Crippen molar-refractivity contribution in [3.63, 3.8) is 0 Å². The highest BCUT2D eigenvalue weighted by atomic mass is 32.2. The first kappa shape index (κ1) is 16.9. The average molecular weight is 354 g/mol. The van der Waals surface area contributed by atoms with E-state index in [1.54, 1.807) is 6.92 Å². The molecule has 0 saturated heterocycles. The van der Waals surface area contributed by atoms with Crippen LogP contribution in [0.2, 0.25) is 0 Å². The van der Waals surface area contributed by atoms with Crippen LogP contribution in [0.15, 0.2) is 18.6 Å². The van der Waals surface area contributed by atoms with E-state index in [1.807, 2.05) is 0 Å². The van der Waals surface area contributed by atoms with E-state index in [0.29, 0.717) is 0 Å². The van der Waals surface area contributed by atoms with Gasteiger partial charge in [-0.2, -0.15) is 26.6 Å². The van der Waals surface area contributed by atoms with Crippen LogP contribution in [0.5, 0.6) is 11.9 Å². The van der Waals surface area contributed by atoms with Gasteiger partial charge in [0.1, 0.15) is 12.4 Å². The molecule has 10 nitrogen and oxygen atoms in total. The lowest BCUT2D eigenvalue weighted by Gasteiger charge is -2.13. The van der Waals surface area contributed by atoms with Gasteiger partial charge in [-0.05, 0) is 17.4 Å². The first-order valence-corrected chi connectivity index (χ1v) is 7.29. The maximum absolute atomic E-state index is 12.2. The first-order chi connectivity index (χ1) is 10.7. The smallest absolute Gasteiger partial charge is 0.458 e. The van der Waals surface area contributed by atoms with E-state index in [4.69, 9.17) is 4.74 Å². The van der Waals surface area contributed by atoms with E-state index in [1.165, 1.54) is 11.0 Å². The topological polar surface area (TPSA) is 122 Å². The Balaban J connectivity index is 2.05. The van der Waals surface area contributed by atoms with Crippen LogP contribution < -0.4 is 8.92 Å². The molecule has 2 rings (SSSR count). The van der Waals surface area contributed by atoms with Crippen LogP contribution in [0, 0.1) is 0 Å². The molecule has 0 saturated carbocycles. The zero-order chi connectivity index (χ0) is 17.1. The van der Waals surface area contributed by atoms with Gasteiger partial charge in [0.25, 0.3) is 0 Å². The van der Waals surface area contributed by atoms with Gasteiger partial charge < -0.3 is 8.92 Å². The predicted molar refractivity (Wildman–Crippen MR) is 65.5 cm³/mol. The molecule has 126 valence electrons. The van der Waals surface area contributed by atoms with Gasteiger partial charge in [-0.25, -0.2) is 9.67 Å². The third-order valence-electron chi connectivity index (χ3n) is 2.23. The van der Waals surface area contributed by atoms with Crippen LogP contribution in [0.1, 0.15) is 6.92 Å². The van der Waals surface area contributed by atoms with Gasteiger partial charge in [0.05, 0.1) is 6.54 Å². The Hall–Kier alpha value is -2.51. The molecule has 0 bridgehead atoms. The van der Waals surface area contributed by atoms with E-state index in [-0.39, 0.29) is 12.6 Å². The van der Waals surface area contributed by atoms with Crippen LogP contribution in [0.4, 0.5) is 13.2 Å². The number of nitrogens with zero attached hydrogens (tertiary/aromatic N) is 6. The molecule has 0 radical (unpaired) electrons. The number of halogens is 3. The van der Waals surface area contributed by atoms with Crippen molar-refractivity contribution in [2.24, 2.45) is 0 Å². The monoisotopic (exact) mass is 354 g/mol. The van der Waals surface area contributed by atoms with E-state index < -0.39 is 27.6 Å². The summed E-state index contributed by atoms with van der Waals surface area (Å²) >= 11 is 0. The van der Waals surface area contributed by atoms with Gasteiger partial charge >= 0.3 is 21.6 Å². The maximum atomic E-state index is 12.2. The molecule has 0 aromatic carbocycles. The molecule has 2 aromatic rings. The Morgan fingerprint density at radius 1 is 1.39 bits per heavy atom. The van der Waals surface area contributed by atoms with Crippen LogP contribution in [-0.2, 0) is 16.7 Å². The van der Waals surface area contributed by atoms with Crippen molar-refractivity contribution < 1.29 is 30.5 Å². The lowest BCUT2D eigenvalue weighted by atomic mass is 10.4. The zero-order valence-corrected chi connectivity index (χ0v) is 12.2. The second kappa shape index (κ2) is 6.31. The number of ether oxygens (including phenoxy) is 1. The summed E-state index contributed by atoms with van der Waals surface area (Å²) in [5.74, 6) is -0.818. The normalized spacial score (nSPS) is 13.6. The molecule has 2 heterocycles. The fourth-order valence-electron chi connectivity index (χ4n) is 1.33. The largest absolute Gasteiger partial charge is 0.534 e. The highest BCUT2D eigenvalue weighted by molar-refractivity contribution is 7.87. The van der Waals surface area contributed by atoms with Crippen molar-refractivity contribution in [2.75, 3.05) is 0 Å². The molecule has 0 amide bonds. The van der Waals surface area contributed by atoms with E-state index in [2.05, 4.69) is 29.7 Å². The zero-order valence-electron chi connectivity index (χ0n) is 11.4. The Bertz CT molecular complexity index is 751. The summed E-state index contributed by atoms with van der Waals surface area (Å²) in [7, 11) is -5.81. The number of alkyl halides is 3. The third-order valence-corrected chi connectivity index (χ3v) is 3.19. The minimum absolute atomic E-state index is 0.211. The van der Waals surface area contributed by atoms with Gasteiger partial charge in [-0.1, -0.05) is 0 Å². The molecule has 0 fully saturated rings. The maximum Gasteiger partial charge on any atom is 0.534 e. The minimum Gasteiger partial charge on any atom is -0.458 e. The van der Waals surface area contributed by atoms with Gasteiger partial charge in [0.15, 0.2) is 0 Å². The molecule has 0 aliphatic carbocycles. The molecule has 1 atom stereocenters. The first-order valence-electron chi connectivity index (χ1n) is 5.88. The van der Waals surface area contributed by atoms with Crippen molar-refractivity contribution in [1.82, 2.24) is 30.2 Å². The summed E-state index contributed by atoms with van der Waals surface area (Å²) in [4.78, 5) is 7.10. The van der Waals surface area contributed by atoms with Crippen molar-refractivity contribution in [3.8, 4) is 11.9 Å². The molecule has 0 N–H and O–H groups in total. The fraction of sp³-hybridized carbons (Fsp3) is 0.444. The summed E-state index contributed by atoms with van der Waals surface area (Å²) in [6.45, 7) is 1.81. The SMILES string of the molecule is CC(Cn1cnnn1)Oc1nccc(OS(=O)(=O)C(F)(F)F)n1. The third kappa shape index (κ3) is 4.48. The molecule has 0 aliphatic heterocycles. The molecule has 2 aromatic heterocycles. The molecule has 23 heavy (non-hydrogen) atoms. The van der Waals surface area contributed by atoms with Crippen molar-refractivity contribution in [3.05, 3.63) is 18.6 Å². The predicted octanol–water partition coefficient (Wildman–Crippen LogP) is 0.159. The summed E-state index contributed by atoms with van der Waals surface area (Å²) in [5, 5.41) is 10.4. The van der Waals surface area contributed by atoms with Gasteiger partial charge in [-0.15, -0.1) is 5.10 Å². The van der Waals surface area contributed by atoms with Crippen LogP contribution >= 0.6 is 0 Å². The lowest BCUT2D eigenvalue weighted by molar-refractivity contribution is -0.0501. The van der Waals surface area contributed by atoms with E-state index in [9.17, 15) is 21.6 Å². The molecule has 14 heteroatoms. The van der Waals surface area contributed by atoms with Crippen LogP contribution in [-0.4, -0.2) is 50.2 Å². The van der Waals surface area contributed by atoms with Crippen LogP contribution in [0.3, 0.4) is 0 Å². The minimum atomic E-state index is -5.81. The van der Waals surface area contributed by atoms with Gasteiger partial charge in [0, 0.05) is 12.3 Å². The van der Waals surface area contributed by atoms with Crippen molar-refractivity contribution >= 4 is 10.1 Å². The number of hydrogen-bond acceptors (Lipinski definition) is 9. The van der Waals surface area contributed by atoms with Gasteiger partial charge in [-0.3, -0.25) is 0 Å². The molecule has 0 spiro atoms. The van der Waals surface area contributed by atoms with E-state index in [0.717, 1.165) is 12.3 Å². The highest BCUT2D eigenvalue weighted by Crippen LogP contribution is 2.26. The molecule has 0 aliphatic rings. The van der Waals surface area contributed by atoms with E-state index >= 15 is 0 Å². The summed E-state index contributed by atoms with van der Waals surface area (Å²) in [5.41, 5.74) is -5.56. The molecular formula is C9H9F3N6O4S. The van der Waals surface area contributed by atoms with Crippen molar-refractivity contribution in [2.45, 2.75) is 25.1 Å². The Kier molecular flexibility index (Phi) is 4.63. The quantitative estimate of drug-likeness (QED) is 0.527. The second-order valence-corrected chi connectivity index (χ2v) is 5.66. The Morgan fingerprint density at radius 3 is 2.74 bits per heavy atom. The Labute approximate surface area is 127 Å².